The summed E-state index contributed by atoms with van der Waals surface area (Å²) in [5.74, 6) is 3.10. The Hall–Kier alpha value is -3.05. The Kier molecular flexibility index (Phi) is 4.82. The van der Waals surface area contributed by atoms with Crippen LogP contribution in [0.2, 0.25) is 0 Å². The van der Waals surface area contributed by atoms with Crippen molar-refractivity contribution in [2.75, 3.05) is 20.2 Å². The van der Waals surface area contributed by atoms with E-state index in [-0.39, 0.29) is 0 Å². The molecule has 1 aliphatic rings. The van der Waals surface area contributed by atoms with Gasteiger partial charge in [-0.1, -0.05) is 30.3 Å². The van der Waals surface area contributed by atoms with Crippen molar-refractivity contribution in [1.29, 1.82) is 0 Å². The van der Waals surface area contributed by atoms with Gasteiger partial charge in [-0.05, 0) is 55.6 Å². The first-order valence-electron chi connectivity index (χ1n) is 10.2. The molecule has 5 heteroatoms. The number of aromatic amines is 1. The average Bonchev–Trinajstić information content (AvgIpc) is 3.42. The Balaban J connectivity index is 1.24. The van der Waals surface area contributed by atoms with E-state index in [1.54, 1.807) is 7.11 Å². The van der Waals surface area contributed by atoms with Crippen LogP contribution in [0, 0.1) is 0 Å². The summed E-state index contributed by atoms with van der Waals surface area (Å²) in [5.41, 5.74) is 3.65. The minimum atomic E-state index is 0.566. The average molecular weight is 387 g/mol. The highest BCUT2D eigenvalue weighted by Gasteiger charge is 2.24. The largest absolute Gasteiger partial charge is 0.497 e. The minimum Gasteiger partial charge on any atom is -0.497 e. The predicted molar refractivity (Wildman–Crippen MR) is 114 cm³/mol. The van der Waals surface area contributed by atoms with Crippen LogP contribution in [0.4, 0.5) is 0 Å². The standard InChI is InChI=1S/C24H25N3O2/c1-28-19-7-8-22-20(13-19)21(14-25-22)17-9-11-27(12-10-17)16-24-26-15-23(29-24)18-5-3-2-4-6-18/h2-8,13-15,17,25H,9-12,16H2,1H3. The zero-order valence-corrected chi connectivity index (χ0v) is 16.6. The third kappa shape index (κ3) is 3.66. The van der Waals surface area contributed by atoms with Crippen molar-refractivity contribution < 1.29 is 9.15 Å². The molecule has 5 nitrogen and oxygen atoms in total. The second-order valence-electron chi connectivity index (χ2n) is 7.69. The number of rotatable bonds is 5. The van der Waals surface area contributed by atoms with Gasteiger partial charge in [-0.3, -0.25) is 4.90 Å². The highest BCUT2D eigenvalue weighted by Crippen LogP contribution is 2.35. The molecule has 1 saturated heterocycles. The van der Waals surface area contributed by atoms with E-state index >= 15 is 0 Å². The Morgan fingerprint density at radius 1 is 1.14 bits per heavy atom. The van der Waals surface area contributed by atoms with Crippen molar-refractivity contribution in [3.8, 4) is 17.1 Å². The highest BCUT2D eigenvalue weighted by atomic mass is 16.5. The van der Waals surface area contributed by atoms with E-state index in [1.165, 1.54) is 16.5 Å². The van der Waals surface area contributed by atoms with Gasteiger partial charge in [0.2, 0.25) is 5.89 Å². The summed E-state index contributed by atoms with van der Waals surface area (Å²) in [6, 6.07) is 16.4. The number of aromatic nitrogens is 2. The van der Waals surface area contributed by atoms with Crippen LogP contribution in [0.5, 0.6) is 5.75 Å². The maximum absolute atomic E-state index is 5.98. The van der Waals surface area contributed by atoms with E-state index in [2.05, 4.69) is 33.2 Å². The van der Waals surface area contributed by atoms with Crippen molar-refractivity contribution in [3.05, 3.63) is 72.4 Å². The lowest BCUT2D eigenvalue weighted by atomic mass is 9.89. The minimum absolute atomic E-state index is 0.566. The topological polar surface area (TPSA) is 54.3 Å². The first kappa shape index (κ1) is 18.0. The van der Waals surface area contributed by atoms with Gasteiger partial charge >= 0.3 is 0 Å². The summed E-state index contributed by atoms with van der Waals surface area (Å²) < 4.78 is 11.4. The van der Waals surface area contributed by atoms with Crippen molar-refractivity contribution in [1.82, 2.24) is 14.9 Å². The number of benzene rings is 2. The van der Waals surface area contributed by atoms with Gasteiger partial charge in [-0.2, -0.15) is 0 Å². The van der Waals surface area contributed by atoms with Crippen molar-refractivity contribution in [2.24, 2.45) is 0 Å². The molecule has 1 aliphatic heterocycles. The maximum atomic E-state index is 5.98. The zero-order chi connectivity index (χ0) is 19.6. The fourth-order valence-electron chi connectivity index (χ4n) is 4.30. The Morgan fingerprint density at radius 3 is 2.76 bits per heavy atom. The summed E-state index contributed by atoms with van der Waals surface area (Å²) in [7, 11) is 1.72. The van der Waals surface area contributed by atoms with Gasteiger partial charge in [-0.15, -0.1) is 0 Å². The van der Waals surface area contributed by atoms with Gasteiger partial charge in [-0.25, -0.2) is 4.98 Å². The quantitative estimate of drug-likeness (QED) is 0.511. The van der Waals surface area contributed by atoms with Crippen LogP contribution < -0.4 is 4.74 Å². The van der Waals surface area contributed by atoms with E-state index in [9.17, 15) is 0 Å². The molecule has 0 atom stereocenters. The Bertz CT molecular complexity index is 1090. The number of H-pyrrole nitrogens is 1. The molecule has 2 aromatic heterocycles. The second-order valence-corrected chi connectivity index (χ2v) is 7.69. The van der Waals surface area contributed by atoms with Gasteiger partial charge in [0.15, 0.2) is 5.76 Å². The van der Waals surface area contributed by atoms with E-state index in [1.807, 2.05) is 42.6 Å². The summed E-state index contributed by atoms with van der Waals surface area (Å²) in [6.45, 7) is 2.86. The van der Waals surface area contributed by atoms with Crippen LogP contribution >= 0.6 is 0 Å². The molecule has 0 bridgehead atoms. The summed E-state index contributed by atoms with van der Waals surface area (Å²) in [4.78, 5) is 10.3. The molecular weight excluding hydrogens is 362 g/mol. The van der Waals surface area contributed by atoms with E-state index < -0.39 is 0 Å². The molecule has 0 saturated carbocycles. The van der Waals surface area contributed by atoms with Gasteiger partial charge in [0.05, 0.1) is 19.9 Å². The lowest BCUT2D eigenvalue weighted by molar-refractivity contribution is 0.188. The van der Waals surface area contributed by atoms with E-state index in [0.717, 1.165) is 55.4 Å². The number of oxazole rings is 1. The maximum Gasteiger partial charge on any atom is 0.209 e. The van der Waals surface area contributed by atoms with Crippen LogP contribution in [0.25, 0.3) is 22.2 Å². The number of piperidine rings is 1. The van der Waals surface area contributed by atoms with Crippen LogP contribution in [0.1, 0.15) is 30.2 Å². The molecule has 0 unspecified atom stereocenters. The molecule has 0 aliphatic carbocycles. The SMILES string of the molecule is COc1ccc2[nH]cc(C3CCN(Cc4ncc(-c5ccccc5)o4)CC3)c2c1. The van der Waals surface area contributed by atoms with Gasteiger partial charge in [0.25, 0.3) is 0 Å². The molecule has 1 fully saturated rings. The van der Waals surface area contributed by atoms with E-state index in [0.29, 0.717) is 5.92 Å². The number of fused-ring (bicyclic) bond motifs is 1. The molecular formula is C24H25N3O2. The number of hydrogen-bond acceptors (Lipinski definition) is 4. The van der Waals surface area contributed by atoms with Gasteiger partial charge in [0, 0.05) is 22.7 Å². The van der Waals surface area contributed by atoms with Crippen molar-refractivity contribution in [3.63, 3.8) is 0 Å². The zero-order valence-electron chi connectivity index (χ0n) is 16.6. The number of ether oxygens (including phenoxy) is 1. The van der Waals surface area contributed by atoms with Crippen LogP contribution in [-0.4, -0.2) is 35.1 Å². The number of nitrogens with zero attached hydrogens (tertiary/aromatic N) is 2. The second kappa shape index (κ2) is 7.76. The first-order valence-corrected chi connectivity index (χ1v) is 10.2. The lowest BCUT2D eigenvalue weighted by Gasteiger charge is -2.31. The molecule has 4 aromatic rings. The molecule has 0 amide bonds. The Morgan fingerprint density at radius 2 is 1.97 bits per heavy atom. The number of likely N-dealkylation sites (tertiary alicyclic amines) is 1. The van der Waals surface area contributed by atoms with Crippen LogP contribution in [0.15, 0.2) is 65.3 Å². The molecule has 3 heterocycles. The monoisotopic (exact) mass is 387 g/mol. The number of hydrogen-bond donors (Lipinski definition) is 1. The summed E-state index contributed by atoms with van der Waals surface area (Å²) in [5, 5.41) is 1.28. The summed E-state index contributed by atoms with van der Waals surface area (Å²) in [6.07, 6.45) is 6.27. The fraction of sp³-hybridized carbons (Fsp3) is 0.292. The first-order chi connectivity index (χ1) is 14.3. The van der Waals surface area contributed by atoms with E-state index in [4.69, 9.17) is 9.15 Å². The van der Waals surface area contributed by atoms with Crippen LogP contribution in [0.3, 0.4) is 0 Å². The third-order valence-electron chi connectivity index (χ3n) is 5.92. The highest BCUT2D eigenvalue weighted by molar-refractivity contribution is 5.85. The van der Waals surface area contributed by atoms with Crippen molar-refractivity contribution >= 4 is 10.9 Å². The molecule has 148 valence electrons. The lowest BCUT2D eigenvalue weighted by Crippen LogP contribution is -2.32. The molecule has 29 heavy (non-hydrogen) atoms. The molecule has 2 aromatic carbocycles. The fourth-order valence-corrected chi connectivity index (χ4v) is 4.30. The molecule has 1 N–H and O–H groups in total. The van der Waals surface area contributed by atoms with Crippen molar-refractivity contribution in [2.45, 2.75) is 25.3 Å². The number of nitrogens with one attached hydrogen (secondary N) is 1. The third-order valence-corrected chi connectivity index (χ3v) is 5.92. The van der Waals surface area contributed by atoms with Gasteiger partial charge in [0.1, 0.15) is 5.75 Å². The summed E-state index contributed by atoms with van der Waals surface area (Å²) >= 11 is 0. The molecule has 0 spiro atoms. The smallest absolute Gasteiger partial charge is 0.209 e. The number of methoxy groups -OCH3 is 1. The van der Waals surface area contributed by atoms with Gasteiger partial charge < -0.3 is 14.1 Å². The normalized spacial score (nSPS) is 15.8. The molecule has 5 rings (SSSR count). The van der Waals surface area contributed by atoms with Crippen LogP contribution in [-0.2, 0) is 6.54 Å². The molecule has 0 radical (unpaired) electrons. The predicted octanol–water partition coefficient (Wildman–Crippen LogP) is 5.21. The Labute approximate surface area is 170 Å².